The van der Waals surface area contributed by atoms with Gasteiger partial charge < -0.3 is 0 Å². The maximum absolute atomic E-state index is 2.41. The van der Waals surface area contributed by atoms with Gasteiger partial charge in [-0.05, 0) is 77.5 Å². The maximum Gasteiger partial charge on any atom is 0.0434 e. The van der Waals surface area contributed by atoms with Crippen molar-refractivity contribution in [2.75, 3.05) is 0 Å². The molecule has 0 aliphatic carbocycles. The average molecular weight is 537 g/mol. The molecule has 0 fully saturated rings. The minimum atomic E-state index is 1.27. The number of benzene rings is 8. The largest absolute Gasteiger partial charge is 0.134 e. The molecule has 0 amide bonds. The van der Waals surface area contributed by atoms with Crippen LogP contribution in [0.15, 0.2) is 146 Å². The van der Waals surface area contributed by atoms with Crippen LogP contribution < -0.4 is 0 Å². The fraction of sp³-hybridized carbons (Fsp3) is 0. The third-order valence-corrected chi connectivity index (χ3v) is 9.93. The fourth-order valence-electron chi connectivity index (χ4n) is 6.71. The van der Waals surface area contributed by atoms with Crippen molar-refractivity contribution in [2.24, 2.45) is 0 Å². The molecular formula is C40H24S. The highest BCUT2D eigenvalue weighted by molar-refractivity contribution is 7.26. The molecule has 1 heterocycles. The molecule has 0 radical (unpaired) electrons. The molecule has 0 bridgehead atoms. The molecule has 0 aliphatic rings. The van der Waals surface area contributed by atoms with Crippen molar-refractivity contribution in [2.45, 2.75) is 0 Å². The van der Waals surface area contributed by atoms with Crippen molar-refractivity contribution >= 4 is 74.6 Å². The van der Waals surface area contributed by atoms with Crippen LogP contribution in [0.4, 0.5) is 0 Å². The van der Waals surface area contributed by atoms with E-state index in [0.29, 0.717) is 0 Å². The Hall–Kier alpha value is -4.98. The molecule has 0 saturated heterocycles. The number of hydrogen-bond acceptors (Lipinski definition) is 1. The van der Waals surface area contributed by atoms with Crippen LogP contribution in [0.25, 0.3) is 85.5 Å². The van der Waals surface area contributed by atoms with Gasteiger partial charge in [-0.1, -0.05) is 133 Å². The molecule has 0 aliphatic heterocycles. The van der Waals surface area contributed by atoms with E-state index in [1.165, 1.54) is 85.5 Å². The normalized spacial score (nSPS) is 11.9. The zero-order chi connectivity index (χ0) is 26.9. The molecule has 9 rings (SSSR count). The Morgan fingerprint density at radius 3 is 1.39 bits per heavy atom. The molecule has 41 heavy (non-hydrogen) atoms. The summed E-state index contributed by atoms with van der Waals surface area (Å²) in [6, 6.07) is 53.7. The Kier molecular flexibility index (Phi) is 4.87. The fourth-order valence-corrected chi connectivity index (χ4v) is 8.08. The molecule has 190 valence electrons. The van der Waals surface area contributed by atoms with Gasteiger partial charge in [-0.2, -0.15) is 0 Å². The lowest BCUT2D eigenvalue weighted by Crippen LogP contribution is -1.85. The third-order valence-electron chi connectivity index (χ3n) is 8.64. The van der Waals surface area contributed by atoms with Crippen molar-refractivity contribution in [3.8, 4) is 22.3 Å². The second kappa shape index (κ2) is 8.76. The highest BCUT2D eigenvalue weighted by Gasteiger charge is 2.15. The number of thiophene rings is 1. The van der Waals surface area contributed by atoms with Gasteiger partial charge in [0.25, 0.3) is 0 Å². The zero-order valence-corrected chi connectivity index (χ0v) is 23.1. The second-order valence-corrected chi connectivity index (χ2v) is 11.9. The highest BCUT2D eigenvalue weighted by atomic mass is 32.1. The minimum Gasteiger partial charge on any atom is -0.134 e. The van der Waals surface area contributed by atoms with Crippen LogP contribution in [0.3, 0.4) is 0 Å². The van der Waals surface area contributed by atoms with Crippen LogP contribution in [0.2, 0.25) is 0 Å². The summed E-state index contributed by atoms with van der Waals surface area (Å²) in [4.78, 5) is 0. The van der Waals surface area contributed by atoms with Crippen molar-refractivity contribution in [3.05, 3.63) is 146 Å². The van der Waals surface area contributed by atoms with E-state index in [1.807, 2.05) is 11.3 Å². The highest BCUT2D eigenvalue weighted by Crippen LogP contribution is 2.45. The minimum absolute atomic E-state index is 1.27. The number of fused-ring (bicyclic) bond motifs is 10. The van der Waals surface area contributed by atoms with Gasteiger partial charge in [-0.15, -0.1) is 11.3 Å². The van der Waals surface area contributed by atoms with E-state index < -0.39 is 0 Å². The summed E-state index contributed by atoms with van der Waals surface area (Å²) >= 11 is 1.92. The summed E-state index contributed by atoms with van der Waals surface area (Å²) in [6.07, 6.45) is 0. The van der Waals surface area contributed by atoms with Crippen LogP contribution in [-0.2, 0) is 0 Å². The van der Waals surface area contributed by atoms with E-state index in [-0.39, 0.29) is 0 Å². The summed E-state index contributed by atoms with van der Waals surface area (Å²) in [7, 11) is 0. The van der Waals surface area contributed by atoms with E-state index >= 15 is 0 Å². The lowest BCUT2D eigenvalue weighted by molar-refractivity contribution is 1.71. The monoisotopic (exact) mass is 536 g/mol. The zero-order valence-electron chi connectivity index (χ0n) is 22.3. The second-order valence-electron chi connectivity index (χ2n) is 10.9. The predicted octanol–water partition coefficient (Wildman–Crippen LogP) is 12.0. The van der Waals surface area contributed by atoms with Crippen molar-refractivity contribution in [3.63, 3.8) is 0 Å². The lowest BCUT2D eigenvalue weighted by Gasteiger charge is -2.12. The summed E-state index contributed by atoms with van der Waals surface area (Å²) in [5, 5.41) is 13.1. The summed E-state index contributed by atoms with van der Waals surface area (Å²) < 4.78 is 2.70. The van der Waals surface area contributed by atoms with E-state index in [2.05, 4.69) is 146 Å². The van der Waals surface area contributed by atoms with Gasteiger partial charge in [-0.25, -0.2) is 0 Å². The Labute approximate surface area is 241 Å². The summed E-state index contributed by atoms with van der Waals surface area (Å²) in [6.45, 7) is 0. The van der Waals surface area contributed by atoms with E-state index in [0.717, 1.165) is 0 Å². The van der Waals surface area contributed by atoms with Crippen LogP contribution in [-0.4, -0.2) is 0 Å². The van der Waals surface area contributed by atoms with Crippen LogP contribution in [0, 0.1) is 0 Å². The Balaban J connectivity index is 1.30. The quantitative estimate of drug-likeness (QED) is 0.193. The smallest absolute Gasteiger partial charge is 0.0434 e. The number of hydrogen-bond donors (Lipinski definition) is 0. The Bertz CT molecular complexity index is 2440. The molecule has 0 nitrogen and oxygen atoms in total. The van der Waals surface area contributed by atoms with Crippen molar-refractivity contribution in [1.29, 1.82) is 0 Å². The standard InChI is InChI=1S/C40H24S/c1-2-10-26-23-27(20-19-25(26)9-1)29-15-7-17-36-37-18-8-16-30(40(37)41-39(29)36)28-21-22-35-33-13-4-3-11-31(33)32-12-5-6-14-34(32)38(35)24-28/h1-24H. The van der Waals surface area contributed by atoms with E-state index in [9.17, 15) is 0 Å². The van der Waals surface area contributed by atoms with Crippen LogP contribution in [0.5, 0.6) is 0 Å². The van der Waals surface area contributed by atoms with Gasteiger partial charge >= 0.3 is 0 Å². The predicted molar refractivity (Wildman–Crippen MR) is 180 cm³/mol. The van der Waals surface area contributed by atoms with Crippen molar-refractivity contribution in [1.82, 2.24) is 0 Å². The van der Waals surface area contributed by atoms with E-state index in [1.54, 1.807) is 0 Å². The topological polar surface area (TPSA) is 0 Å². The van der Waals surface area contributed by atoms with Crippen LogP contribution in [0.1, 0.15) is 0 Å². The first-order valence-electron chi connectivity index (χ1n) is 14.1. The Morgan fingerprint density at radius 1 is 0.293 bits per heavy atom. The SMILES string of the molecule is c1ccc2cc(-c3cccc4c3sc3c(-c5ccc6c7ccccc7c7ccccc7c6c5)cccc34)ccc2c1. The molecule has 0 spiro atoms. The molecule has 8 aromatic carbocycles. The van der Waals surface area contributed by atoms with E-state index in [4.69, 9.17) is 0 Å². The maximum atomic E-state index is 2.41. The lowest BCUT2D eigenvalue weighted by atomic mass is 9.92. The Morgan fingerprint density at radius 2 is 0.756 bits per heavy atom. The first-order chi connectivity index (χ1) is 20.3. The molecule has 0 N–H and O–H groups in total. The molecule has 0 unspecified atom stereocenters. The van der Waals surface area contributed by atoms with Gasteiger partial charge in [0.15, 0.2) is 0 Å². The first kappa shape index (κ1) is 22.8. The van der Waals surface area contributed by atoms with Gasteiger partial charge in [-0.3, -0.25) is 0 Å². The van der Waals surface area contributed by atoms with Crippen LogP contribution >= 0.6 is 11.3 Å². The molecule has 0 saturated carbocycles. The van der Waals surface area contributed by atoms with Crippen molar-refractivity contribution < 1.29 is 0 Å². The molecule has 0 atom stereocenters. The average Bonchev–Trinajstić information content (AvgIpc) is 3.44. The molecule has 9 aromatic rings. The summed E-state index contributed by atoms with van der Waals surface area (Å²) in [5.74, 6) is 0. The van der Waals surface area contributed by atoms with Gasteiger partial charge in [0.05, 0.1) is 0 Å². The van der Waals surface area contributed by atoms with Gasteiger partial charge in [0.2, 0.25) is 0 Å². The number of rotatable bonds is 2. The molecule has 1 heteroatoms. The van der Waals surface area contributed by atoms with Gasteiger partial charge in [0, 0.05) is 20.2 Å². The first-order valence-corrected chi connectivity index (χ1v) is 14.9. The van der Waals surface area contributed by atoms with Gasteiger partial charge in [0.1, 0.15) is 0 Å². The third kappa shape index (κ3) is 3.40. The molecule has 1 aromatic heterocycles. The molecular weight excluding hydrogens is 513 g/mol. The summed E-state index contributed by atoms with van der Waals surface area (Å²) in [5.41, 5.74) is 5.14.